The number of hydrogen-bond donors (Lipinski definition) is 13. The summed E-state index contributed by atoms with van der Waals surface area (Å²) in [4.78, 5) is 58.7. The molecule has 2 unspecified atom stereocenters. The van der Waals surface area contributed by atoms with Crippen molar-refractivity contribution in [3.63, 3.8) is 0 Å². The molecule has 0 saturated carbocycles. The van der Waals surface area contributed by atoms with Crippen LogP contribution in [-0.4, -0.2) is 64.9 Å². The van der Waals surface area contributed by atoms with E-state index < -0.39 is 73.6 Å². The minimum Gasteiger partial charge on any atom is -0.502 e. The molecule has 1 aromatic carbocycles. The molecule has 1 rings (SSSR count). The molecule has 0 aliphatic rings. The fraction of sp³-hybridized carbons (Fsp3) is 0. The normalized spacial score (nSPS) is 17.7. The SMILES string of the molecule is O=P(O)(O)OP(=O)(O)OP(=O)(O)OP(=O)(O)OP(=O)(O)O.Oc1c(O)c(O)c(O)c(O)c1O. The second-order valence-electron chi connectivity index (χ2n) is 4.81. The fourth-order valence-electron chi connectivity index (χ4n) is 1.25. The van der Waals surface area contributed by atoms with E-state index in [0.29, 0.717) is 0 Å². The van der Waals surface area contributed by atoms with E-state index in [2.05, 4.69) is 17.2 Å². The zero-order valence-corrected chi connectivity index (χ0v) is 19.2. The topological polar surface area (TPSA) is 385 Å². The van der Waals surface area contributed by atoms with Crippen molar-refractivity contribution in [3.05, 3.63) is 0 Å². The lowest BCUT2D eigenvalue weighted by Crippen LogP contribution is -1.97. The van der Waals surface area contributed by atoms with Gasteiger partial charge in [-0.1, -0.05) is 0 Å². The van der Waals surface area contributed by atoms with Crippen LogP contribution in [0, 0.1) is 0 Å². The Hall–Kier alpha value is -1.27. The number of phosphoric acid groups is 5. The number of phenolic OH excluding ortho intramolecular Hbond substituents is 6. The smallest absolute Gasteiger partial charge is 0.490 e. The van der Waals surface area contributed by atoms with Crippen LogP contribution in [0.3, 0.4) is 0 Å². The zero-order valence-electron chi connectivity index (χ0n) is 14.7. The van der Waals surface area contributed by atoms with Crippen molar-refractivity contribution in [1.82, 2.24) is 0 Å². The summed E-state index contributed by atoms with van der Waals surface area (Å²) in [6.45, 7) is 0. The van der Waals surface area contributed by atoms with Gasteiger partial charge in [0.15, 0.2) is 0 Å². The molecule has 13 N–H and O–H groups in total. The van der Waals surface area contributed by atoms with Crippen LogP contribution in [-0.2, 0) is 40.1 Å². The maximum Gasteiger partial charge on any atom is 0.490 e. The van der Waals surface area contributed by atoms with Crippen LogP contribution in [0.15, 0.2) is 0 Å². The Balaban J connectivity index is 0.000000716. The van der Waals surface area contributed by atoms with E-state index in [4.69, 9.17) is 64.9 Å². The molecule has 0 aromatic heterocycles. The van der Waals surface area contributed by atoms with Gasteiger partial charge in [0.2, 0.25) is 34.5 Å². The second kappa shape index (κ2) is 10.6. The fourth-order valence-corrected chi connectivity index (χ4v) is 6.65. The van der Waals surface area contributed by atoms with Gasteiger partial charge in [-0.3, -0.25) is 0 Å². The molecule has 0 radical (unpaired) electrons. The highest BCUT2D eigenvalue weighted by Gasteiger charge is 2.46. The lowest BCUT2D eigenvalue weighted by Gasteiger charge is -2.18. The lowest BCUT2D eigenvalue weighted by atomic mass is 10.2. The Bertz CT molecular complexity index is 954. The largest absolute Gasteiger partial charge is 0.502 e. The van der Waals surface area contributed by atoms with Crippen LogP contribution in [0.4, 0.5) is 0 Å². The van der Waals surface area contributed by atoms with Crippen LogP contribution in [0.1, 0.15) is 0 Å². The van der Waals surface area contributed by atoms with Crippen LogP contribution in [0.2, 0.25) is 0 Å². The van der Waals surface area contributed by atoms with Crippen LogP contribution < -0.4 is 0 Å². The van der Waals surface area contributed by atoms with E-state index in [1.54, 1.807) is 0 Å². The van der Waals surface area contributed by atoms with Crippen molar-refractivity contribution >= 4 is 39.1 Å². The molecule has 0 bridgehead atoms. The number of rotatable bonds is 8. The predicted molar refractivity (Wildman–Crippen MR) is 94.3 cm³/mol. The van der Waals surface area contributed by atoms with E-state index in [9.17, 15) is 22.8 Å². The minimum atomic E-state index is -6.07. The molecule has 0 fully saturated rings. The summed E-state index contributed by atoms with van der Waals surface area (Å²) in [6.07, 6.45) is 0. The summed E-state index contributed by atoms with van der Waals surface area (Å²) in [5.41, 5.74) is 0. The molecule has 2 atom stereocenters. The average molecular weight is 592 g/mol. The van der Waals surface area contributed by atoms with Gasteiger partial charge in [0.1, 0.15) is 0 Å². The first-order valence-corrected chi connectivity index (χ1v) is 14.2. The Kier molecular flexibility index (Phi) is 10.1. The highest BCUT2D eigenvalue weighted by molar-refractivity contribution is 7.71. The third kappa shape index (κ3) is 11.6. The number of phenols is 6. The molecule has 0 amide bonds. The predicted octanol–water partition coefficient (Wildman–Crippen LogP) is -0.540. The third-order valence-electron chi connectivity index (χ3n) is 2.18. The Morgan fingerprint density at radius 3 is 0.667 bits per heavy atom. The van der Waals surface area contributed by atoms with Crippen molar-refractivity contribution in [3.8, 4) is 34.5 Å². The highest BCUT2D eigenvalue weighted by atomic mass is 31.3. The molecular formula is C6H13O22P5. The summed E-state index contributed by atoms with van der Waals surface area (Å²) in [5.74, 6) is -6.57. The Labute approximate surface area is 179 Å². The van der Waals surface area contributed by atoms with Gasteiger partial charge in [-0.15, -0.1) is 0 Å². The first kappa shape index (κ1) is 31.7. The van der Waals surface area contributed by atoms with Gasteiger partial charge in [-0.2, -0.15) is 17.2 Å². The molecule has 27 heteroatoms. The molecule has 0 aliphatic heterocycles. The minimum absolute atomic E-state index is 1.09. The quantitative estimate of drug-likeness (QED) is 0.102. The molecule has 33 heavy (non-hydrogen) atoms. The molecule has 0 aliphatic carbocycles. The van der Waals surface area contributed by atoms with Gasteiger partial charge in [0.25, 0.3) is 0 Å². The number of hydrogen-bond acceptors (Lipinski definition) is 15. The third-order valence-corrected chi connectivity index (χ3v) is 8.83. The first-order chi connectivity index (χ1) is 14.3. The van der Waals surface area contributed by atoms with E-state index in [1.807, 2.05) is 0 Å². The van der Waals surface area contributed by atoms with E-state index in [0.717, 1.165) is 0 Å². The highest BCUT2D eigenvalue weighted by Crippen LogP contribution is 2.72. The van der Waals surface area contributed by atoms with E-state index in [1.165, 1.54) is 0 Å². The summed E-state index contributed by atoms with van der Waals surface area (Å²) >= 11 is 0. The number of benzene rings is 1. The van der Waals surface area contributed by atoms with Gasteiger partial charge < -0.3 is 64.9 Å². The molecule has 194 valence electrons. The summed E-state index contributed by atoms with van der Waals surface area (Å²) in [7, 11) is -29.3. The maximum absolute atomic E-state index is 11.0. The van der Waals surface area contributed by atoms with Gasteiger partial charge in [0, 0.05) is 0 Å². The van der Waals surface area contributed by atoms with Crippen molar-refractivity contribution in [2.24, 2.45) is 0 Å². The summed E-state index contributed by atoms with van der Waals surface area (Å²) < 4.78 is 65.6. The first-order valence-electron chi connectivity index (χ1n) is 6.62. The van der Waals surface area contributed by atoms with Crippen molar-refractivity contribution in [2.75, 3.05) is 0 Å². The Morgan fingerprint density at radius 2 is 0.515 bits per heavy atom. The van der Waals surface area contributed by atoms with E-state index >= 15 is 0 Å². The lowest BCUT2D eigenvalue weighted by molar-refractivity contribution is 0.188. The van der Waals surface area contributed by atoms with Gasteiger partial charge in [-0.05, 0) is 0 Å². The van der Waals surface area contributed by atoms with Gasteiger partial charge in [0.05, 0.1) is 0 Å². The second-order valence-corrected chi connectivity index (χ2v) is 12.2. The maximum atomic E-state index is 11.0. The monoisotopic (exact) mass is 592 g/mol. The summed E-state index contributed by atoms with van der Waals surface area (Å²) in [5, 5.41) is 52.6. The van der Waals surface area contributed by atoms with Gasteiger partial charge >= 0.3 is 39.1 Å². The molecule has 0 spiro atoms. The molecule has 0 saturated heterocycles. The van der Waals surface area contributed by atoms with Gasteiger partial charge in [-0.25, -0.2) is 22.8 Å². The molecule has 22 nitrogen and oxygen atoms in total. The molecule has 0 heterocycles. The van der Waals surface area contributed by atoms with Crippen LogP contribution >= 0.6 is 39.1 Å². The zero-order chi connectivity index (χ0) is 26.8. The Morgan fingerprint density at radius 1 is 0.364 bits per heavy atom. The standard InChI is InChI=1S/C6H6O6.H7O16P5/c7-1-2(8)4(10)6(12)5(11)3(1)9;1-17(2,3)13-19(7,8)15-21(11,12)16-20(9,10)14-18(4,5)6/h7-12H;(H,7,8)(H,9,10)(H,11,12)(H2,1,2,3)(H2,4,5,6). The average Bonchev–Trinajstić information content (AvgIpc) is 2.50. The molecular weight excluding hydrogens is 579 g/mol. The van der Waals surface area contributed by atoms with E-state index in [-0.39, 0.29) is 0 Å². The van der Waals surface area contributed by atoms with Crippen LogP contribution in [0.25, 0.3) is 0 Å². The number of aromatic hydroxyl groups is 6. The van der Waals surface area contributed by atoms with Crippen LogP contribution in [0.5, 0.6) is 34.5 Å². The molecule has 1 aromatic rings. The van der Waals surface area contributed by atoms with Crippen molar-refractivity contribution in [2.45, 2.75) is 0 Å². The van der Waals surface area contributed by atoms with Crippen molar-refractivity contribution < 1.29 is 105 Å². The van der Waals surface area contributed by atoms with Crippen molar-refractivity contribution in [1.29, 1.82) is 0 Å². The summed E-state index contributed by atoms with van der Waals surface area (Å²) in [6, 6.07) is 0.